The van der Waals surface area contributed by atoms with Crippen LogP contribution < -0.4 is 5.32 Å². The smallest absolute Gasteiger partial charge is 0.270 e. The number of H-pyrrole nitrogens is 2. The summed E-state index contributed by atoms with van der Waals surface area (Å²) in [5, 5.41) is 11.2. The fourth-order valence-corrected chi connectivity index (χ4v) is 4.09. The number of benzene rings is 2. The lowest BCUT2D eigenvalue weighted by Crippen LogP contribution is -2.31. The molecule has 176 valence electrons. The number of nitrogens with one attached hydrogen (secondary N) is 3. The molecule has 5 aromatic rings. The third-order valence-corrected chi connectivity index (χ3v) is 5.92. The first-order valence-electron chi connectivity index (χ1n) is 11.8. The maximum absolute atomic E-state index is 12.9. The monoisotopic (exact) mass is 465 g/mol. The Bertz CT molecular complexity index is 1440. The predicted molar refractivity (Wildman–Crippen MR) is 138 cm³/mol. The topological polar surface area (TPSA) is 103 Å². The number of nitrogens with zero attached hydrogens (tertiary/aromatic N) is 4. The summed E-state index contributed by atoms with van der Waals surface area (Å²) in [5.74, 6) is 1.33. The van der Waals surface area contributed by atoms with E-state index in [1.165, 1.54) is 0 Å². The number of fused-ring (bicyclic) bond motifs is 1. The fraction of sp³-hybridized carbons (Fsp3) is 0.185. The van der Waals surface area contributed by atoms with E-state index in [1.807, 2.05) is 72.6 Å². The minimum absolute atomic E-state index is 0.0216. The van der Waals surface area contributed by atoms with Crippen molar-refractivity contribution in [3.8, 4) is 22.5 Å². The van der Waals surface area contributed by atoms with Gasteiger partial charge in [-0.05, 0) is 49.2 Å². The van der Waals surface area contributed by atoms with Crippen molar-refractivity contribution in [2.45, 2.75) is 20.3 Å². The van der Waals surface area contributed by atoms with Crippen LogP contribution in [0.15, 0.2) is 73.2 Å². The lowest BCUT2D eigenvalue weighted by atomic mass is 10.1. The fourth-order valence-electron chi connectivity index (χ4n) is 4.09. The molecule has 5 rings (SSSR count). The molecule has 2 aromatic carbocycles. The molecule has 0 bridgehead atoms. The van der Waals surface area contributed by atoms with Gasteiger partial charge in [-0.2, -0.15) is 5.10 Å². The molecule has 3 heterocycles. The normalized spacial score (nSPS) is 11.0. The Labute approximate surface area is 203 Å². The molecule has 8 nitrogen and oxygen atoms in total. The number of carbonyl (C=O) groups excluding carboxylic acids is 1. The van der Waals surface area contributed by atoms with Gasteiger partial charge in [0.05, 0.1) is 6.20 Å². The molecule has 0 aliphatic heterocycles. The maximum Gasteiger partial charge on any atom is 0.270 e. The van der Waals surface area contributed by atoms with Crippen LogP contribution in [-0.4, -0.2) is 49.0 Å². The van der Waals surface area contributed by atoms with E-state index < -0.39 is 0 Å². The van der Waals surface area contributed by atoms with Crippen molar-refractivity contribution in [1.29, 1.82) is 0 Å². The summed E-state index contributed by atoms with van der Waals surface area (Å²) in [7, 11) is 0. The van der Waals surface area contributed by atoms with Gasteiger partial charge in [0.1, 0.15) is 11.5 Å². The van der Waals surface area contributed by atoms with E-state index in [1.54, 1.807) is 12.4 Å². The van der Waals surface area contributed by atoms with Crippen molar-refractivity contribution >= 4 is 28.3 Å². The molecule has 35 heavy (non-hydrogen) atoms. The Kier molecular flexibility index (Phi) is 6.26. The van der Waals surface area contributed by atoms with Gasteiger partial charge in [-0.15, -0.1) is 0 Å². The van der Waals surface area contributed by atoms with Crippen LogP contribution in [0.1, 0.15) is 30.8 Å². The quantitative estimate of drug-likeness (QED) is 0.276. The predicted octanol–water partition coefficient (Wildman–Crippen LogP) is 5.63. The maximum atomic E-state index is 12.9. The molecular weight excluding hydrogens is 438 g/mol. The molecular formula is C27H27N7O. The number of hydrogen-bond acceptors (Lipinski definition) is 5. The van der Waals surface area contributed by atoms with Gasteiger partial charge in [-0.25, -0.2) is 9.97 Å². The van der Waals surface area contributed by atoms with Crippen LogP contribution in [0.4, 0.5) is 11.5 Å². The van der Waals surface area contributed by atoms with Crippen molar-refractivity contribution in [2.75, 3.05) is 18.4 Å². The molecule has 0 saturated carbocycles. The molecule has 1 amide bonds. The van der Waals surface area contributed by atoms with Crippen LogP contribution in [0.25, 0.3) is 33.4 Å². The molecule has 0 saturated heterocycles. The first-order chi connectivity index (χ1) is 17.1. The summed E-state index contributed by atoms with van der Waals surface area (Å²) in [6.07, 6.45) is 6.33. The van der Waals surface area contributed by atoms with Crippen molar-refractivity contribution in [3.05, 3.63) is 78.9 Å². The second-order valence-corrected chi connectivity index (χ2v) is 8.32. The van der Waals surface area contributed by atoms with Crippen molar-refractivity contribution < 1.29 is 4.79 Å². The summed E-state index contributed by atoms with van der Waals surface area (Å²) < 4.78 is 0. The van der Waals surface area contributed by atoms with Gasteiger partial charge < -0.3 is 15.2 Å². The second kappa shape index (κ2) is 9.80. The largest absolute Gasteiger partial charge is 0.351 e. The van der Waals surface area contributed by atoms with Gasteiger partial charge in [0.25, 0.3) is 5.91 Å². The molecule has 0 spiro atoms. The highest BCUT2D eigenvalue weighted by atomic mass is 16.2. The lowest BCUT2D eigenvalue weighted by molar-refractivity contribution is 0.0759. The van der Waals surface area contributed by atoms with E-state index in [9.17, 15) is 4.79 Å². The van der Waals surface area contributed by atoms with Crippen molar-refractivity contribution in [3.63, 3.8) is 0 Å². The number of rotatable bonds is 8. The molecule has 0 unspecified atom stereocenters. The summed E-state index contributed by atoms with van der Waals surface area (Å²) in [5.41, 5.74) is 5.41. The van der Waals surface area contributed by atoms with E-state index in [0.29, 0.717) is 23.9 Å². The molecule has 0 fully saturated rings. The van der Waals surface area contributed by atoms with Crippen LogP contribution in [-0.2, 0) is 0 Å². The molecule has 0 aliphatic rings. The van der Waals surface area contributed by atoms with Gasteiger partial charge in [0.2, 0.25) is 0 Å². The van der Waals surface area contributed by atoms with E-state index in [4.69, 9.17) is 4.98 Å². The number of anilines is 2. The average molecular weight is 466 g/mol. The third-order valence-electron chi connectivity index (χ3n) is 5.92. The van der Waals surface area contributed by atoms with E-state index in [0.717, 1.165) is 46.2 Å². The molecule has 8 heteroatoms. The van der Waals surface area contributed by atoms with E-state index in [-0.39, 0.29) is 5.91 Å². The zero-order chi connectivity index (χ0) is 24.2. The van der Waals surface area contributed by atoms with Crippen molar-refractivity contribution in [2.24, 2.45) is 0 Å². The minimum atomic E-state index is 0.0216. The van der Waals surface area contributed by atoms with Gasteiger partial charge in [-0.3, -0.25) is 9.89 Å². The lowest BCUT2D eigenvalue weighted by Gasteiger charge is -2.18. The number of amides is 1. The number of hydrogen-bond donors (Lipinski definition) is 3. The SMILES string of the molecule is CCCN(CC)C(=O)c1cc2ccc(-c3nccc(Nc4ccc(-c5cn[nH]c5)cc4)n3)cc2[nH]1. The highest BCUT2D eigenvalue weighted by Gasteiger charge is 2.16. The molecule has 3 N–H and O–H groups in total. The standard InChI is InChI=1S/C27H27N7O/c1-3-13-34(4-2)27(35)24-14-19-5-6-20(15-23(19)32-24)26-28-12-11-25(33-26)31-22-9-7-18(8-10-22)21-16-29-30-17-21/h5-12,14-17,32H,3-4,13H2,1-2H3,(H,29,30)(H,28,31,33). The van der Waals surface area contributed by atoms with E-state index >= 15 is 0 Å². The number of aromatic amines is 2. The minimum Gasteiger partial charge on any atom is -0.351 e. The number of aromatic nitrogens is 5. The van der Waals surface area contributed by atoms with Crippen LogP contribution in [0.3, 0.4) is 0 Å². The molecule has 3 aromatic heterocycles. The van der Waals surface area contributed by atoms with Gasteiger partial charge in [0.15, 0.2) is 5.82 Å². The Morgan fingerprint density at radius 2 is 1.83 bits per heavy atom. The summed E-state index contributed by atoms with van der Waals surface area (Å²) in [4.78, 5) is 27.1. The molecule has 0 aliphatic carbocycles. The zero-order valence-electron chi connectivity index (χ0n) is 19.7. The summed E-state index contributed by atoms with van der Waals surface area (Å²) in [6, 6.07) is 17.8. The van der Waals surface area contributed by atoms with Crippen LogP contribution >= 0.6 is 0 Å². The van der Waals surface area contributed by atoms with Crippen molar-refractivity contribution in [1.82, 2.24) is 30.0 Å². The molecule has 0 atom stereocenters. The van der Waals surface area contributed by atoms with Gasteiger partial charge in [-0.1, -0.05) is 31.2 Å². The second-order valence-electron chi connectivity index (χ2n) is 8.32. The first-order valence-corrected chi connectivity index (χ1v) is 11.8. The average Bonchev–Trinajstić information content (AvgIpc) is 3.57. The Morgan fingerprint density at radius 1 is 1.00 bits per heavy atom. The number of carbonyl (C=O) groups is 1. The first kappa shape index (κ1) is 22.3. The zero-order valence-corrected chi connectivity index (χ0v) is 19.7. The Balaban J connectivity index is 1.36. The highest BCUT2D eigenvalue weighted by Crippen LogP contribution is 2.25. The summed E-state index contributed by atoms with van der Waals surface area (Å²) in [6.45, 7) is 5.51. The summed E-state index contributed by atoms with van der Waals surface area (Å²) >= 11 is 0. The van der Waals surface area contributed by atoms with Crippen LogP contribution in [0.2, 0.25) is 0 Å². The third kappa shape index (κ3) is 4.77. The Hall–Kier alpha value is -4.46. The van der Waals surface area contributed by atoms with Crippen LogP contribution in [0.5, 0.6) is 0 Å². The Morgan fingerprint density at radius 3 is 2.57 bits per heavy atom. The molecule has 0 radical (unpaired) electrons. The van der Waals surface area contributed by atoms with Gasteiger partial charge >= 0.3 is 0 Å². The van der Waals surface area contributed by atoms with Gasteiger partial charge in [0, 0.05) is 53.2 Å². The van der Waals surface area contributed by atoms with Crippen LogP contribution in [0, 0.1) is 0 Å². The van der Waals surface area contributed by atoms with E-state index in [2.05, 4.69) is 32.4 Å². The highest BCUT2D eigenvalue weighted by molar-refractivity contribution is 5.98.